The lowest BCUT2D eigenvalue weighted by Gasteiger charge is -2.35. The number of carbonyl (C=O) groups is 2. The highest BCUT2D eigenvalue weighted by Gasteiger charge is 2.29. The van der Waals surface area contributed by atoms with Gasteiger partial charge < -0.3 is 24.3 Å². The smallest absolute Gasteiger partial charge is 0.259 e. The number of nitrogens with zero attached hydrogens (tertiary/aromatic N) is 2. The van der Waals surface area contributed by atoms with Crippen molar-refractivity contribution in [3.05, 3.63) is 92.5 Å². The number of rotatable bonds is 7. The van der Waals surface area contributed by atoms with E-state index in [2.05, 4.69) is 5.32 Å². The Balaban J connectivity index is 1.32. The number of amides is 1. The van der Waals surface area contributed by atoms with Gasteiger partial charge in [0.25, 0.3) is 11.5 Å². The number of anilines is 1. The van der Waals surface area contributed by atoms with Gasteiger partial charge in [0.2, 0.25) is 0 Å². The van der Waals surface area contributed by atoms with Crippen LogP contribution < -0.4 is 20.5 Å². The molecular formula is C36H36F3N3O5. The molecule has 0 aliphatic carbocycles. The van der Waals surface area contributed by atoms with E-state index in [4.69, 9.17) is 9.47 Å². The number of morpholine rings is 1. The number of nitrogens with one attached hydrogen (secondary N) is 1. The molecule has 0 unspecified atom stereocenters. The van der Waals surface area contributed by atoms with Gasteiger partial charge in [0, 0.05) is 42.7 Å². The number of ketones is 1. The lowest BCUT2D eigenvalue weighted by molar-refractivity contribution is -0.118. The van der Waals surface area contributed by atoms with Gasteiger partial charge >= 0.3 is 0 Å². The Hall–Kier alpha value is -4.64. The van der Waals surface area contributed by atoms with Crippen molar-refractivity contribution in [2.24, 2.45) is 7.05 Å². The molecule has 4 aromatic rings. The molecule has 1 saturated heterocycles. The van der Waals surface area contributed by atoms with Crippen LogP contribution in [0.25, 0.3) is 22.0 Å². The fourth-order valence-electron chi connectivity index (χ4n) is 6.71. The van der Waals surface area contributed by atoms with Gasteiger partial charge in [-0.1, -0.05) is 12.1 Å². The first-order chi connectivity index (χ1) is 22.5. The van der Waals surface area contributed by atoms with Crippen molar-refractivity contribution in [1.82, 2.24) is 9.88 Å². The summed E-state index contributed by atoms with van der Waals surface area (Å²) in [4.78, 5) is 41.5. The van der Waals surface area contributed by atoms with Gasteiger partial charge in [0.15, 0.2) is 5.78 Å². The molecule has 2 atom stereocenters. The minimum atomic E-state index is -1.09. The highest BCUT2D eigenvalue weighted by Crippen LogP contribution is 2.40. The monoisotopic (exact) mass is 647 g/mol. The minimum Gasteiger partial charge on any atom is -0.493 e. The molecule has 47 heavy (non-hydrogen) atoms. The van der Waals surface area contributed by atoms with E-state index in [9.17, 15) is 18.8 Å². The molecule has 3 heterocycles. The van der Waals surface area contributed by atoms with E-state index in [1.165, 1.54) is 23.6 Å². The van der Waals surface area contributed by atoms with Gasteiger partial charge in [0.1, 0.15) is 28.8 Å². The first-order valence-corrected chi connectivity index (χ1v) is 15.7. The Morgan fingerprint density at radius 1 is 1.06 bits per heavy atom. The number of pyridine rings is 1. The number of ether oxygens (including phenoxy) is 2. The first-order valence-electron chi connectivity index (χ1n) is 15.7. The van der Waals surface area contributed by atoms with Crippen LogP contribution in [0.3, 0.4) is 0 Å². The van der Waals surface area contributed by atoms with E-state index >= 15 is 8.78 Å². The van der Waals surface area contributed by atoms with Gasteiger partial charge in [-0.15, -0.1) is 0 Å². The summed E-state index contributed by atoms with van der Waals surface area (Å²) in [5.41, 5.74) is 2.89. The molecule has 8 nitrogen and oxygen atoms in total. The third-order valence-corrected chi connectivity index (χ3v) is 9.24. The number of benzene rings is 3. The zero-order chi connectivity index (χ0) is 33.6. The van der Waals surface area contributed by atoms with E-state index in [0.29, 0.717) is 83.8 Å². The zero-order valence-electron chi connectivity index (χ0n) is 26.7. The molecule has 0 radical (unpaired) electrons. The summed E-state index contributed by atoms with van der Waals surface area (Å²) in [5.74, 6) is -3.41. The summed E-state index contributed by atoms with van der Waals surface area (Å²) in [7, 11) is 1.63. The average molecular weight is 648 g/mol. The third-order valence-electron chi connectivity index (χ3n) is 9.24. The fourth-order valence-corrected chi connectivity index (χ4v) is 6.71. The maximum Gasteiger partial charge on any atom is 0.259 e. The molecule has 1 amide bonds. The number of carbonyl (C=O) groups excluding carboxylic acids is 2. The maximum atomic E-state index is 15.3. The largest absolute Gasteiger partial charge is 0.493 e. The van der Waals surface area contributed by atoms with Crippen molar-refractivity contribution < 1.29 is 32.2 Å². The van der Waals surface area contributed by atoms with Gasteiger partial charge in [0.05, 0.1) is 36.9 Å². The molecule has 246 valence electrons. The average Bonchev–Trinajstić information content (AvgIpc) is 3.04. The summed E-state index contributed by atoms with van der Waals surface area (Å²) in [6.45, 7) is 6.67. The Kier molecular flexibility index (Phi) is 8.84. The van der Waals surface area contributed by atoms with E-state index < -0.39 is 40.7 Å². The van der Waals surface area contributed by atoms with Crippen molar-refractivity contribution in [2.75, 3.05) is 31.3 Å². The topological polar surface area (TPSA) is 89.9 Å². The Morgan fingerprint density at radius 2 is 1.81 bits per heavy atom. The Labute approximate surface area is 270 Å². The second kappa shape index (κ2) is 12.9. The molecule has 2 aliphatic rings. The van der Waals surface area contributed by atoms with E-state index in [1.807, 2.05) is 11.8 Å². The third kappa shape index (κ3) is 6.00. The summed E-state index contributed by atoms with van der Waals surface area (Å²) in [5, 5.41) is 3.14. The number of hydrogen-bond acceptors (Lipinski definition) is 6. The number of hydrogen-bond donors (Lipinski definition) is 1. The summed E-state index contributed by atoms with van der Waals surface area (Å²) in [6, 6.07) is 8.87. The second-order valence-electron chi connectivity index (χ2n) is 12.3. The molecule has 3 aromatic carbocycles. The SMILES string of the molecule is CC(=O)[C@H](Cc1ccc(-c2c(C)c3cc(F)ccc3n(C)c2=O)c2c1CCCO2)NC(=O)c1c(F)cc(N2CCOC[C@@H]2C)cc1F. The summed E-state index contributed by atoms with van der Waals surface area (Å²) >= 11 is 0. The molecule has 0 spiro atoms. The predicted molar refractivity (Wildman–Crippen MR) is 173 cm³/mol. The maximum absolute atomic E-state index is 15.3. The van der Waals surface area contributed by atoms with Gasteiger partial charge in [-0.2, -0.15) is 0 Å². The summed E-state index contributed by atoms with van der Waals surface area (Å²) < 4.78 is 57.8. The van der Waals surface area contributed by atoms with Crippen LogP contribution in [0, 0.1) is 24.4 Å². The molecule has 6 rings (SSSR count). The minimum absolute atomic E-state index is 0.0413. The van der Waals surface area contributed by atoms with Crippen molar-refractivity contribution in [2.45, 2.75) is 52.1 Å². The van der Waals surface area contributed by atoms with Gasteiger partial charge in [-0.05, 0) is 80.6 Å². The van der Waals surface area contributed by atoms with Crippen molar-refractivity contribution in [3.8, 4) is 16.9 Å². The Bertz CT molecular complexity index is 1950. The van der Waals surface area contributed by atoms with Gasteiger partial charge in [-0.3, -0.25) is 14.4 Å². The van der Waals surface area contributed by atoms with Crippen LogP contribution in [0.5, 0.6) is 5.75 Å². The van der Waals surface area contributed by atoms with E-state index in [1.54, 1.807) is 32.2 Å². The van der Waals surface area contributed by atoms with E-state index in [0.717, 1.165) is 17.7 Å². The van der Waals surface area contributed by atoms with Crippen LogP contribution in [0.2, 0.25) is 0 Å². The van der Waals surface area contributed by atoms with Crippen molar-refractivity contribution in [1.29, 1.82) is 0 Å². The molecule has 2 aliphatic heterocycles. The van der Waals surface area contributed by atoms with Crippen LogP contribution in [0.1, 0.15) is 47.3 Å². The van der Waals surface area contributed by atoms with Crippen LogP contribution >= 0.6 is 0 Å². The number of aromatic nitrogens is 1. The summed E-state index contributed by atoms with van der Waals surface area (Å²) in [6.07, 6.45) is 1.31. The van der Waals surface area contributed by atoms with Crippen LogP contribution in [-0.4, -0.2) is 54.7 Å². The molecule has 1 aromatic heterocycles. The second-order valence-corrected chi connectivity index (χ2v) is 12.3. The van der Waals surface area contributed by atoms with Crippen molar-refractivity contribution in [3.63, 3.8) is 0 Å². The number of halogens is 3. The molecule has 11 heteroatoms. The predicted octanol–water partition coefficient (Wildman–Crippen LogP) is 5.41. The van der Waals surface area contributed by atoms with Crippen molar-refractivity contribution >= 4 is 28.3 Å². The van der Waals surface area contributed by atoms with Crippen LogP contribution in [-0.2, 0) is 29.4 Å². The van der Waals surface area contributed by atoms with Crippen LogP contribution in [0.4, 0.5) is 18.9 Å². The standard InChI is InChI=1S/C36H36F3N3O5/c1-19-18-46-13-11-42(19)24-16-28(38)33(29(39)17-24)35(44)40-30(21(3)43)14-22-7-9-26(34-25(22)6-5-12-47-34)32-20(2)27-15-23(37)8-10-31(27)41(4)36(32)45/h7-10,15-17,19,30H,5-6,11-14,18H2,1-4H3,(H,40,44)/t19-,30-/m0/s1. The quantitative estimate of drug-likeness (QED) is 0.289. The van der Waals surface area contributed by atoms with E-state index in [-0.39, 0.29) is 18.0 Å². The normalized spacial score (nSPS) is 16.8. The Morgan fingerprint density at radius 3 is 2.51 bits per heavy atom. The highest BCUT2D eigenvalue weighted by molar-refractivity contribution is 5.98. The molecule has 1 fully saturated rings. The lowest BCUT2D eigenvalue weighted by atomic mass is 9.88. The van der Waals surface area contributed by atoms with Gasteiger partial charge in [-0.25, -0.2) is 13.2 Å². The number of fused-ring (bicyclic) bond motifs is 2. The molecule has 0 saturated carbocycles. The number of Topliss-reactive ketones (excluding diaryl/α,β-unsaturated/α-hetero) is 1. The molecular weight excluding hydrogens is 611 g/mol. The lowest BCUT2D eigenvalue weighted by Crippen LogP contribution is -2.44. The zero-order valence-corrected chi connectivity index (χ0v) is 26.7. The van der Waals surface area contributed by atoms with Crippen LogP contribution in [0.15, 0.2) is 47.3 Å². The first kappa shape index (κ1) is 32.3. The molecule has 0 bridgehead atoms. The molecule has 1 N–H and O–H groups in total. The fraction of sp³-hybridized carbons (Fsp3) is 0.361. The highest BCUT2D eigenvalue weighted by atomic mass is 19.1. The number of aryl methyl sites for hydroxylation is 2.